The van der Waals surface area contributed by atoms with Gasteiger partial charge in [0.2, 0.25) is 0 Å². The number of nitrogens with zero attached hydrogens (tertiary/aromatic N) is 1. The maximum Gasteiger partial charge on any atom is 0.191 e. The predicted molar refractivity (Wildman–Crippen MR) is 89.5 cm³/mol. The van der Waals surface area contributed by atoms with Crippen molar-refractivity contribution in [1.29, 1.82) is 0 Å². The van der Waals surface area contributed by atoms with E-state index in [1.807, 2.05) is 0 Å². The molecule has 1 aromatic rings. The van der Waals surface area contributed by atoms with Crippen molar-refractivity contribution < 1.29 is 9.47 Å². The maximum atomic E-state index is 5.81. The molecule has 1 saturated carbocycles. The van der Waals surface area contributed by atoms with E-state index < -0.39 is 0 Å². The highest BCUT2D eigenvalue weighted by atomic mass is 16.5. The van der Waals surface area contributed by atoms with Crippen molar-refractivity contribution in [3.05, 3.63) is 29.3 Å². The number of guanidine groups is 1. The van der Waals surface area contributed by atoms with Crippen LogP contribution in [0.3, 0.4) is 0 Å². The Kier molecular flexibility index (Phi) is 6.52. The summed E-state index contributed by atoms with van der Waals surface area (Å²) >= 11 is 0. The van der Waals surface area contributed by atoms with E-state index in [1.165, 1.54) is 18.4 Å². The number of hydrogen-bond donors (Lipinski definition) is 2. The van der Waals surface area contributed by atoms with Gasteiger partial charge in [0.15, 0.2) is 5.96 Å². The molecule has 1 aliphatic rings. The summed E-state index contributed by atoms with van der Waals surface area (Å²) in [5.41, 5.74) is 2.28. The normalized spacial score (nSPS) is 14.8. The SMILES string of the molecule is CCNC(=NCc1ccc(C)cc1OCCOC)NC1CC1. The predicted octanol–water partition coefficient (Wildman–Crippen LogP) is 2.24. The highest BCUT2D eigenvalue weighted by Gasteiger charge is 2.22. The molecule has 0 bridgehead atoms. The lowest BCUT2D eigenvalue weighted by molar-refractivity contribution is 0.145. The molecule has 2 rings (SSSR count). The maximum absolute atomic E-state index is 5.81. The number of hydrogen-bond acceptors (Lipinski definition) is 3. The van der Waals surface area contributed by atoms with Crippen LogP contribution in [-0.2, 0) is 11.3 Å². The molecule has 22 heavy (non-hydrogen) atoms. The summed E-state index contributed by atoms with van der Waals surface area (Å²) in [6.45, 7) is 6.75. The summed E-state index contributed by atoms with van der Waals surface area (Å²) in [5, 5.41) is 6.71. The van der Waals surface area contributed by atoms with E-state index in [4.69, 9.17) is 9.47 Å². The van der Waals surface area contributed by atoms with E-state index in [0.29, 0.717) is 25.8 Å². The molecule has 0 unspecified atom stereocenters. The first-order valence-corrected chi connectivity index (χ1v) is 7.99. The van der Waals surface area contributed by atoms with Gasteiger partial charge in [-0.15, -0.1) is 0 Å². The summed E-state index contributed by atoms with van der Waals surface area (Å²) in [4.78, 5) is 4.67. The third-order valence-corrected chi connectivity index (χ3v) is 3.44. The highest BCUT2D eigenvalue weighted by molar-refractivity contribution is 5.80. The molecule has 0 aliphatic heterocycles. The zero-order valence-corrected chi connectivity index (χ0v) is 13.8. The second-order valence-corrected chi connectivity index (χ2v) is 5.57. The van der Waals surface area contributed by atoms with Crippen LogP contribution in [0.5, 0.6) is 5.75 Å². The van der Waals surface area contributed by atoms with E-state index in [2.05, 4.69) is 47.7 Å². The van der Waals surface area contributed by atoms with Crippen molar-refractivity contribution in [2.24, 2.45) is 4.99 Å². The molecule has 5 nitrogen and oxygen atoms in total. The lowest BCUT2D eigenvalue weighted by Crippen LogP contribution is -2.38. The van der Waals surface area contributed by atoms with Crippen LogP contribution in [0.4, 0.5) is 0 Å². The average molecular weight is 305 g/mol. The van der Waals surface area contributed by atoms with Crippen LogP contribution >= 0.6 is 0 Å². The third-order valence-electron chi connectivity index (χ3n) is 3.44. The second-order valence-electron chi connectivity index (χ2n) is 5.57. The first-order valence-electron chi connectivity index (χ1n) is 7.99. The molecular weight excluding hydrogens is 278 g/mol. The van der Waals surface area contributed by atoms with Gasteiger partial charge in [-0.3, -0.25) is 0 Å². The number of aryl methyl sites for hydroxylation is 1. The lowest BCUT2D eigenvalue weighted by atomic mass is 10.1. The lowest BCUT2D eigenvalue weighted by Gasteiger charge is -2.13. The number of aliphatic imine (C=N–C) groups is 1. The van der Waals surface area contributed by atoms with E-state index in [-0.39, 0.29) is 0 Å². The van der Waals surface area contributed by atoms with Gasteiger partial charge in [-0.25, -0.2) is 4.99 Å². The van der Waals surface area contributed by atoms with Crippen molar-refractivity contribution in [2.45, 2.75) is 39.3 Å². The van der Waals surface area contributed by atoms with E-state index >= 15 is 0 Å². The Morgan fingerprint density at radius 3 is 2.82 bits per heavy atom. The molecule has 0 amide bonds. The fourth-order valence-corrected chi connectivity index (χ4v) is 2.07. The first-order chi connectivity index (χ1) is 10.7. The van der Waals surface area contributed by atoms with Gasteiger partial charge in [-0.05, 0) is 38.3 Å². The minimum Gasteiger partial charge on any atom is -0.491 e. The highest BCUT2D eigenvalue weighted by Crippen LogP contribution is 2.22. The van der Waals surface area contributed by atoms with Gasteiger partial charge < -0.3 is 20.1 Å². The molecule has 0 radical (unpaired) electrons. The average Bonchev–Trinajstić information content (AvgIpc) is 3.31. The Hall–Kier alpha value is -1.75. The number of benzene rings is 1. The monoisotopic (exact) mass is 305 g/mol. The van der Waals surface area contributed by atoms with E-state index in [1.54, 1.807) is 7.11 Å². The van der Waals surface area contributed by atoms with Crippen LogP contribution in [-0.4, -0.2) is 38.9 Å². The van der Waals surface area contributed by atoms with Crippen LogP contribution in [0, 0.1) is 6.92 Å². The molecule has 0 heterocycles. The van der Waals surface area contributed by atoms with Crippen LogP contribution in [0.1, 0.15) is 30.9 Å². The topological polar surface area (TPSA) is 54.9 Å². The summed E-state index contributed by atoms with van der Waals surface area (Å²) in [7, 11) is 1.68. The third kappa shape index (κ3) is 5.56. The Morgan fingerprint density at radius 2 is 2.14 bits per heavy atom. The summed E-state index contributed by atoms with van der Waals surface area (Å²) in [5.74, 6) is 1.77. The van der Waals surface area contributed by atoms with Crippen molar-refractivity contribution in [3.63, 3.8) is 0 Å². The van der Waals surface area contributed by atoms with Crippen LogP contribution in [0.25, 0.3) is 0 Å². The van der Waals surface area contributed by atoms with Crippen LogP contribution in [0.15, 0.2) is 23.2 Å². The van der Waals surface area contributed by atoms with Gasteiger partial charge in [-0.2, -0.15) is 0 Å². The zero-order chi connectivity index (χ0) is 15.8. The zero-order valence-electron chi connectivity index (χ0n) is 13.8. The Labute approximate surface area is 133 Å². The Morgan fingerprint density at radius 1 is 1.32 bits per heavy atom. The largest absolute Gasteiger partial charge is 0.491 e. The minimum atomic E-state index is 0.553. The molecule has 1 fully saturated rings. The van der Waals surface area contributed by atoms with Crippen molar-refractivity contribution >= 4 is 5.96 Å². The first kappa shape index (κ1) is 16.6. The summed E-state index contributed by atoms with van der Waals surface area (Å²) < 4.78 is 10.9. The van der Waals surface area contributed by atoms with Crippen LogP contribution < -0.4 is 15.4 Å². The van der Waals surface area contributed by atoms with E-state index in [9.17, 15) is 0 Å². The number of methoxy groups -OCH3 is 1. The molecule has 2 N–H and O–H groups in total. The molecule has 0 spiro atoms. The van der Waals surface area contributed by atoms with Gasteiger partial charge in [0.25, 0.3) is 0 Å². The number of rotatable bonds is 8. The Bertz CT molecular complexity index is 499. The number of ether oxygens (including phenoxy) is 2. The van der Waals surface area contributed by atoms with Gasteiger partial charge in [-0.1, -0.05) is 12.1 Å². The molecule has 0 saturated heterocycles. The molecule has 0 atom stereocenters. The molecule has 122 valence electrons. The minimum absolute atomic E-state index is 0.553. The van der Waals surface area contributed by atoms with Crippen molar-refractivity contribution in [1.82, 2.24) is 10.6 Å². The quantitative estimate of drug-likeness (QED) is 0.439. The van der Waals surface area contributed by atoms with Crippen molar-refractivity contribution in [2.75, 3.05) is 26.9 Å². The molecular formula is C17H27N3O2. The standard InChI is InChI=1S/C17H27N3O2/c1-4-18-17(20-15-7-8-15)19-12-14-6-5-13(2)11-16(14)22-10-9-21-3/h5-6,11,15H,4,7-10,12H2,1-3H3,(H2,18,19,20). The van der Waals surface area contributed by atoms with Crippen LogP contribution in [0.2, 0.25) is 0 Å². The second kappa shape index (κ2) is 8.63. The van der Waals surface area contributed by atoms with Gasteiger partial charge in [0, 0.05) is 25.3 Å². The fraction of sp³-hybridized carbons (Fsp3) is 0.588. The van der Waals surface area contributed by atoms with Gasteiger partial charge in [0.05, 0.1) is 13.2 Å². The number of nitrogens with one attached hydrogen (secondary N) is 2. The Balaban J connectivity index is 2.02. The van der Waals surface area contributed by atoms with Gasteiger partial charge in [0.1, 0.15) is 12.4 Å². The summed E-state index contributed by atoms with van der Waals surface area (Å²) in [6, 6.07) is 6.83. The molecule has 1 aliphatic carbocycles. The molecule has 0 aromatic heterocycles. The molecule has 5 heteroatoms. The van der Waals surface area contributed by atoms with Gasteiger partial charge >= 0.3 is 0 Å². The smallest absolute Gasteiger partial charge is 0.191 e. The fourth-order valence-electron chi connectivity index (χ4n) is 2.07. The summed E-state index contributed by atoms with van der Waals surface area (Å²) in [6.07, 6.45) is 2.47. The van der Waals surface area contributed by atoms with E-state index in [0.717, 1.165) is 23.8 Å². The molecule has 1 aromatic carbocycles. The van der Waals surface area contributed by atoms with Crippen molar-refractivity contribution in [3.8, 4) is 5.75 Å².